The molecule has 192 valence electrons. The third-order valence-corrected chi connectivity index (χ3v) is 6.65. The molecule has 1 aliphatic heterocycles. The van der Waals surface area contributed by atoms with Gasteiger partial charge in [-0.1, -0.05) is 22.8 Å². The van der Waals surface area contributed by atoms with E-state index in [1.54, 1.807) is 31.4 Å². The lowest BCUT2D eigenvalue weighted by molar-refractivity contribution is 0.167. The van der Waals surface area contributed by atoms with Crippen molar-refractivity contribution < 1.29 is 9.32 Å². The van der Waals surface area contributed by atoms with Crippen LogP contribution in [0.25, 0.3) is 22.0 Å². The van der Waals surface area contributed by atoms with Crippen molar-refractivity contribution in [1.29, 1.82) is 0 Å². The van der Waals surface area contributed by atoms with Gasteiger partial charge in [-0.25, -0.2) is 9.78 Å². The Morgan fingerprint density at radius 1 is 1.11 bits per heavy atom. The number of rotatable bonds is 5. The number of fused-ring (bicyclic) bond motifs is 1. The van der Waals surface area contributed by atoms with Gasteiger partial charge in [-0.05, 0) is 43.2 Å². The zero-order chi connectivity index (χ0) is 26.1. The molecule has 1 saturated heterocycles. The Labute approximate surface area is 220 Å². The van der Waals surface area contributed by atoms with E-state index >= 15 is 0 Å². The number of nitrogens with one attached hydrogen (secondary N) is 1. The highest BCUT2D eigenvalue weighted by Crippen LogP contribution is 2.32. The summed E-state index contributed by atoms with van der Waals surface area (Å²) in [5.41, 5.74) is 4.55. The lowest BCUT2D eigenvalue weighted by Gasteiger charge is -2.36. The molecule has 1 aliphatic rings. The lowest BCUT2D eigenvalue weighted by Crippen LogP contribution is -2.51. The minimum atomic E-state index is 0.0171. The second-order valence-electron chi connectivity index (χ2n) is 9.32. The van der Waals surface area contributed by atoms with Crippen LogP contribution in [0.15, 0.2) is 41.2 Å². The minimum absolute atomic E-state index is 0.0171. The summed E-state index contributed by atoms with van der Waals surface area (Å²) in [6.07, 6.45) is 3.39. The Bertz CT molecular complexity index is 1430. The number of benzene rings is 1. The highest BCUT2D eigenvalue weighted by molar-refractivity contribution is 6.30. The molecule has 10 nitrogen and oxygen atoms in total. The first-order chi connectivity index (χ1) is 17.8. The third kappa shape index (κ3) is 5.15. The first kappa shape index (κ1) is 24.8. The van der Waals surface area contributed by atoms with Crippen molar-refractivity contribution in [3.8, 4) is 11.1 Å². The van der Waals surface area contributed by atoms with Crippen LogP contribution < -0.4 is 10.2 Å². The number of anilines is 2. The molecule has 4 heterocycles. The van der Waals surface area contributed by atoms with Gasteiger partial charge in [0.05, 0.1) is 16.2 Å². The summed E-state index contributed by atoms with van der Waals surface area (Å²) in [6, 6.07) is 7.99. The molecule has 0 atom stereocenters. The number of pyridine rings is 1. The number of hydrogen-bond donors (Lipinski definition) is 1. The Balaban J connectivity index is 1.49. The van der Waals surface area contributed by atoms with Gasteiger partial charge in [0.1, 0.15) is 11.6 Å². The van der Waals surface area contributed by atoms with Crippen LogP contribution >= 0.6 is 11.6 Å². The second kappa shape index (κ2) is 10.2. The summed E-state index contributed by atoms with van der Waals surface area (Å²) in [7, 11) is 3.54. The zero-order valence-corrected chi connectivity index (χ0v) is 22.1. The predicted molar refractivity (Wildman–Crippen MR) is 144 cm³/mol. The summed E-state index contributed by atoms with van der Waals surface area (Å²) < 4.78 is 5.39. The number of hydrogen-bond acceptors (Lipinski definition) is 8. The van der Waals surface area contributed by atoms with E-state index in [4.69, 9.17) is 26.1 Å². The maximum Gasteiger partial charge on any atom is 0.319 e. The topological polar surface area (TPSA) is 104 Å². The van der Waals surface area contributed by atoms with Gasteiger partial charge < -0.3 is 24.5 Å². The molecule has 2 amide bonds. The van der Waals surface area contributed by atoms with Crippen LogP contribution in [0.2, 0.25) is 5.02 Å². The quantitative estimate of drug-likeness (QED) is 0.414. The molecule has 4 aromatic rings. The van der Waals surface area contributed by atoms with Crippen molar-refractivity contribution in [3.05, 3.63) is 58.7 Å². The summed E-state index contributed by atoms with van der Waals surface area (Å²) in [6.45, 7) is 6.87. The van der Waals surface area contributed by atoms with Crippen molar-refractivity contribution in [2.75, 3.05) is 50.5 Å². The van der Waals surface area contributed by atoms with Crippen LogP contribution in [0.4, 0.5) is 16.6 Å². The number of nitrogens with zero attached hydrogens (tertiary/aromatic N) is 7. The van der Waals surface area contributed by atoms with Gasteiger partial charge in [0, 0.05) is 70.2 Å². The molecule has 5 rings (SSSR count). The average Bonchev–Trinajstić information content (AvgIpc) is 3.24. The number of piperazine rings is 1. The van der Waals surface area contributed by atoms with Crippen LogP contribution in [0.5, 0.6) is 0 Å². The van der Waals surface area contributed by atoms with Gasteiger partial charge in [-0.15, -0.1) is 0 Å². The summed E-state index contributed by atoms with van der Waals surface area (Å²) in [4.78, 5) is 31.9. The number of carbonyl (C=O) groups excluding carboxylic acids is 1. The van der Waals surface area contributed by atoms with Crippen molar-refractivity contribution in [1.82, 2.24) is 29.9 Å². The molecule has 0 radical (unpaired) electrons. The summed E-state index contributed by atoms with van der Waals surface area (Å²) >= 11 is 6.14. The molecule has 1 aromatic carbocycles. The van der Waals surface area contributed by atoms with Gasteiger partial charge in [-0.3, -0.25) is 4.98 Å². The molecule has 0 spiro atoms. The van der Waals surface area contributed by atoms with Crippen molar-refractivity contribution in [2.45, 2.75) is 20.4 Å². The van der Waals surface area contributed by atoms with Crippen LogP contribution in [-0.4, -0.2) is 76.2 Å². The van der Waals surface area contributed by atoms with E-state index in [1.807, 2.05) is 36.9 Å². The van der Waals surface area contributed by atoms with Crippen LogP contribution in [0.1, 0.15) is 17.0 Å². The number of aryl methyl sites for hydroxylation is 2. The molecule has 11 heteroatoms. The molecule has 0 unspecified atom stereocenters. The molecule has 0 saturated carbocycles. The van der Waals surface area contributed by atoms with Crippen LogP contribution in [0, 0.1) is 13.8 Å². The molecular formula is C26H29ClN8O2. The fraction of sp³-hybridized carbons (Fsp3) is 0.346. The first-order valence-electron chi connectivity index (χ1n) is 12.1. The fourth-order valence-corrected chi connectivity index (χ4v) is 4.76. The molecule has 1 N–H and O–H groups in total. The number of urea groups is 1. The second-order valence-corrected chi connectivity index (χ2v) is 9.76. The first-order valence-corrected chi connectivity index (χ1v) is 12.5. The van der Waals surface area contributed by atoms with Gasteiger partial charge in [-0.2, -0.15) is 4.98 Å². The van der Waals surface area contributed by atoms with Gasteiger partial charge >= 0.3 is 6.03 Å². The highest BCUT2D eigenvalue weighted by atomic mass is 35.5. The number of halogens is 1. The van der Waals surface area contributed by atoms with E-state index in [9.17, 15) is 4.79 Å². The summed E-state index contributed by atoms with van der Waals surface area (Å²) in [5, 5.41) is 9.04. The van der Waals surface area contributed by atoms with Gasteiger partial charge in [0.2, 0.25) is 5.95 Å². The van der Waals surface area contributed by atoms with Crippen molar-refractivity contribution >= 4 is 40.3 Å². The Morgan fingerprint density at radius 3 is 2.57 bits per heavy atom. The molecular weight excluding hydrogens is 492 g/mol. The maximum atomic E-state index is 12.4. The molecule has 0 bridgehead atoms. The molecule has 3 aromatic heterocycles. The van der Waals surface area contributed by atoms with E-state index in [0.29, 0.717) is 49.5 Å². The molecule has 1 fully saturated rings. The number of carbonyl (C=O) groups is 1. The van der Waals surface area contributed by atoms with Gasteiger partial charge in [0.25, 0.3) is 0 Å². The van der Waals surface area contributed by atoms with Crippen LogP contribution in [-0.2, 0) is 6.54 Å². The van der Waals surface area contributed by atoms with Crippen LogP contribution in [0.3, 0.4) is 0 Å². The lowest BCUT2D eigenvalue weighted by atomic mass is 10.0. The monoisotopic (exact) mass is 520 g/mol. The maximum absolute atomic E-state index is 12.4. The van der Waals surface area contributed by atoms with Crippen molar-refractivity contribution in [2.24, 2.45) is 0 Å². The average molecular weight is 521 g/mol. The SMILES string of the molecule is Cc1noc(C)c1-c1ccc2nc(N3CCN(C(=O)N(C)C)CC3)nc(NCc3cncc(Cl)c3)c2c1. The zero-order valence-electron chi connectivity index (χ0n) is 21.3. The summed E-state index contributed by atoms with van der Waals surface area (Å²) in [5.74, 6) is 2.10. The van der Waals surface area contributed by atoms with E-state index < -0.39 is 0 Å². The van der Waals surface area contributed by atoms with E-state index in [1.165, 1.54) is 0 Å². The number of aromatic nitrogens is 4. The fourth-order valence-electron chi connectivity index (χ4n) is 4.56. The highest BCUT2D eigenvalue weighted by Gasteiger charge is 2.24. The Hall–Kier alpha value is -3.92. The molecule has 0 aliphatic carbocycles. The largest absolute Gasteiger partial charge is 0.365 e. The van der Waals surface area contributed by atoms with E-state index in [0.717, 1.165) is 39.0 Å². The van der Waals surface area contributed by atoms with Gasteiger partial charge in [0.15, 0.2) is 0 Å². The third-order valence-electron chi connectivity index (χ3n) is 6.44. The Morgan fingerprint density at radius 2 is 1.89 bits per heavy atom. The van der Waals surface area contributed by atoms with Crippen molar-refractivity contribution in [3.63, 3.8) is 0 Å². The van der Waals surface area contributed by atoms with E-state index in [2.05, 4.69) is 26.4 Å². The van der Waals surface area contributed by atoms with E-state index in [-0.39, 0.29) is 6.03 Å². The smallest absolute Gasteiger partial charge is 0.319 e. The predicted octanol–water partition coefficient (Wildman–Crippen LogP) is 4.37. The molecule has 37 heavy (non-hydrogen) atoms. The Kier molecular flexibility index (Phi) is 6.84. The minimum Gasteiger partial charge on any atom is -0.365 e. The standard InChI is InChI=1S/C26H29ClN8O2/c1-16-23(17(2)37-32-16)19-5-6-22-21(12-19)24(29-14-18-11-20(27)15-28-13-18)31-25(30-22)34-7-9-35(10-8-34)26(36)33(3)4/h5-6,11-13,15H,7-10,14H2,1-4H3,(H,29,30,31). The number of amides is 2. The normalized spacial score (nSPS) is 13.8.